The lowest BCUT2D eigenvalue weighted by Gasteiger charge is -2.08. The van der Waals surface area contributed by atoms with Crippen molar-refractivity contribution in [3.63, 3.8) is 0 Å². The van der Waals surface area contributed by atoms with E-state index in [4.69, 9.17) is 12.2 Å². The van der Waals surface area contributed by atoms with Crippen LogP contribution in [0.1, 0.15) is 6.92 Å². The largest absolute Gasteiger partial charge is 0.363 e. The van der Waals surface area contributed by atoms with Gasteiger partial charge in [-0.15, -0.1) is 0 Å². The molecule has 0 aliphatic heterocycles. The SMILES string of the molecule is CCNC(=S)Nc1ccc(N=C=S)cc1. The second kappa shape index (κ2) is 6.24. The van der Waals surface area contributed by atoms with E-state index in [1.54, 1.807) is 0 Å². The number of hydrogen-bond acceptors (Lipinski definition) is 3. The van der Waals surface area contributed by atoms with Gasteiger partial charge < -0.3 is 10.6 Å². The minimum absolute atomic E-state index is 0.614. The summed E-state index contributed by atoms with van der Waals surface area (Å²) in [7, 11) is 0. The Kier molecular flexibility index (Phi) is 4.90. The number of rotatable bonds is 3. The fourth-order valence-electron chi connectivity index (χ4n) is 1.01. The van der Waals surface area contributed by atoms with Crippen LogP contribution in [-0.2, 0) is 0 Å². The van der Waals surface area contributed by atoms with Crippen LogP contribution in [0.25, 0.3) is 0 Å². The van der Waals surface area contributed by atoms with E-state index in [9.17, 15) is 0 Å². The normalized spacial score (nSPS) is 8.87. The van der Waals surface area contributed by atoms with Crippen LogP contribution >= 0.6 is 24.4 Å². The third kappa shape index (κ3) is 4.16. The lowest BCUT2D eigenvalue weighted by Crippen LogP contribution is -2.27. The van der Waals surface area contributed by atoms with Crippen molar-refractivity contribution < 1.29 is 0 Å². The predicted molar refractivity (Wildman–Crippen MR) is 71.0 cm³/mol. The van der Waals surface area contributed by atoms with E-state index in [1.165, 1.54) is 0 Å². The number of nitrogens with zero attached hydrogens (tertiary/aromatic N) is 1. The molecule has 0 unspecified atom stereocenters. The van der Waals surface area contributed by atoms with Crippen molar-refractivity contribution in [3.8, 4) is 0 Å². The predicted octanol–water partition coefficient (Wildman–Crippen LogP) is 2.73. The summed E-state index contributed by atoms with van der Waals surface area (Å²) in [6.07, 6.45) is 0. The molecule has 0 amide bonds. The van der Waals surface area contributed by atoms with E-state index in [0.717, 1.165) is 17.9 Å². The summed E-state index contributed by atoms with van der Waals surface area (Å²) in [6, 6.07) is 7.46. The highest BCUT2D eigenvalue weighted by Crippen LogP contribution is 2.15. The highest BCUT2D eigenvalue weighted by Gasteiger charge is 1.95. The molecule has 5 heteroatoms. The van der Waals surface area contributed by atoms with Crippen molar-refractivity contribution in [3.05, 3.63) is 24.3 Å². The third-order valence-electron chi connectivity index (χ3n) is 1.64. The Morgan fingerprint density at radius 1 is 1.40 bits per heavy atom. The lowest BCUT2D eigenvalue weighted by atomic mass is 10.3. The summed E-state index contributed by atoms with van der Waals surface area (Å²) in [4.78, 5) is 3.85. The molecule has 1 aromatic rings. The van der Waals surface area contributed by atoms with Gasteiger partial charge in [0, 0.05) is 12.2 Å². The zero-order valence-electron chi connectivity index (χ0n) is 8.28. The number of aliphatic imine (C=N–C) groups is 1. The first-order valence-corrected chi connectivity index (χ1v) is 5.30. The average molecular weight is 237 g/mol. The van der Waals surface area contributed by atoms with E-state index in [1.807, 2.05) is 31.2 Å². The maximum Gasteiger partial charge on any atom is 0.170 e. The summed E-state index contributed by atoms with van der Waals surface area (Å²) in [5.41, 5.74) is 1.70. The van der Waals surface area contributed by atoms with E-state index in [0.29, 0.717) is 5.11 Å². The van der Waals surface area contributed by atoms with Gasteiger partial charge in [-0.3, -0.25) is 0 Å². The molecule has 0 aliphatic rings. The van der Waals surface area contributed by atoms with Crippen molar-refractivity contribution in [2.45, 2.75) is 6.92 Å². The highest BCUT2D eigenvalue weighted by molar-refractivity contribution is 7.80. The summed E-state index contributed by atoms with van der Waals surface area (Å²) < 4.78 is 0. The molecule has 1 rings (SSSR count). The van der Waals surface area contributed by atoms with Crippen molar-refractivity contribution in [1.82, 2.24) is 5.32 Å². The molecule has 0 radical (unpaired) electrons. The first-order valence-electron chi connectivity index (χ1n) is 4.49. The number of thiocarbonyl (C=S) groups is 2. The highest BCUT2D eigenvalue weighted by atomic mass is 32.1. The van der Waals surface area contributed by atoms with Crippen molar-refractivity contribution in [2.75, 3.05) is 11.9 Å². The molecule has 0 saturated heterocycles. The lowest BCUT2D eigenvalue weighted by molar-refractivity contribution is 0.979. The summed E-state index contributed by atoms with van der Waals surface area (Å²) >= 11 is 9.55. The molecule has 78 valence electrons. The fraction of sp³-hybridized carbons (Fsp3) is 0.200. The van der Waals surface area contributed by atoms with Crippen LogP contribution in [0, 0.1) is 0 Å². The summed E-state index contributed by atoms with van der Waals surface area (Å²) in [6.45, 7) is 2.80. The van der Waals surface area contributed by atoms with E-state index in [-0.39, 0.29) is 0 Å². The zero-order chi connectivity index (χ0) is 11.1. The maximum atomic E-state index is 5.04. The van der Waals surface area contributed by atoms with Gasteiger partial charge in [0.2, 0.25) is 0 Å². The van der Waals surface area contributed by atoms with Crippen LogP contribution < -0.4 is 10.6 Å². The number of isothiocyanates is 1. The topological polar surface area (TPSA) is 36.4 Å². The second-order valence-corrected chi connectivity index (χ2v) is 3.33. The van der Waals surface area contributed by atoms with Crippen LogP contribution in [0.4, 0.5) is 11.4 Å². The number of benzene rings is 1. The maximum absolute atomic E-state index is 5.04. The molecule has 0 fully saturated rings. The molecule has 0 heterocycles. The number of anilines is 1. The van der Waals surface area contributed by atoms with Gasteiger partial charge in [0.25, 0.3) is 0 Å². The minimum atomic E-state index is 0.614. The van der Waals surface area contributed by atoms with Crippen LogP contribution in [0.5, 0.6) is 0 Å². The van der Waals surface area contributed by atoms with E-state index >= 15 is 0 Å². The van der Waals surface area contributed by atoms with Gasteiger partial charge >= 0.3 is 0 Å². The zero-order valence-corrected chi connectivity index (χ0v) is 9.91. The molecule has 0 aliphatic carbocycles. The molecule has 1 aromatic carbocycles. The van der Waals surface area contributed by atoms with Crippen molar-refractivity contribution in [1.29, 1.82) is 0 Å². The Bertz CT molecular complexity index is 380. The Morgan fingerprint density at radius 3 is 2.60 bits per heavy atom. The average Bonchev–Trinajstić information content (AvgIpc) is 2.22. The molecular formula is C10H11N3S2. The minimum Gasteiger partial charge on any atom is -0.363 e. The van der Waals surface area contributed by atoms with Gasteiger partial charge in [-0.25, -0.2) is 0 Å². The van der Waals surface area contributed by atoms with Crippen LogP contribution in [0.2, 0.25) is 0 Å². The molecule has 0 saturated carbocycles. The summed E-state index contributed by atoms with van der Waals surface area (Å²) in [5, 5.41) is 8.97. The molecule has 2 N–H and O–H groups in total. The Morgan fingerprint density at radius 2 is 2.07 bits per heavy atom. The van der Waals surface area contributed by atoms with Gasteiger partial charge in [-0.1, -0.05) is 0 Å². The Labute approximate surface area is 99.6 Å². The smallest absolute Gasteiger partial charge is 0.170 e. The Hall–Kier alpha value is -1.29. The first-order chi connectivity index (χ1) is 7.26. The van der Waals surface area contributed by atoms with Gasteiger partial charge in [-0.05, 0) is 55.6 Å². The summed E-state index contributed by atoms with van der Waals surface area (Å²) in [5.74, 6) is 0. The van der Waals surface area contributed by atoms with E-state index in [2.05, 4.69) is 33.0 Å². The van der Waals surface area contributed by atoms with Crippen LogP contribution in [-0.4, -0.2) is 16.8 Å². The first kappa shape index (κ1) is 11.8. The fourth-order valence-corrected chi connectivity index (χ4v) is 1.38. The molecule has 0 bridgehead atoms. The van der Waals surface area contributed by atoms with Crippen molar-refractivity contribution >= 4 is 46.1 Å². The van der Waals surface area contributed by atoms with Gasteiger partial charge in [-0.2, -0.15) is 4.99 Å². The second-order valence-electron chi connectivity index (χ2n) is 2.73. The molecule has 15 heavy (non-hydrogen) atoms. The molecular weight excluding hydrogens is 226 g/mol. The van der Waals surface area contributed by atoms with Crippen LogP contribution in [0.15, 0.2) is 29.3 Å². The van der Waals surface area contributed by atoms with E-state index < -0.39 is 0 Å². The molecule has 0 spiro atoms. The standard InChI is InChI=1S/C10H11N3S2/c1-2-11-10(15)13-9-5-3-8(4-6-9)12-7-14/h3-6H,2H2,1H3,(H2,11,13,15). The number of hydrogen-bond donors (Lipinski definition) is 2. The molecule has 0 atom stereocenters. The quantitative estimate of drug-likeness (QED) is 0.626. The van der Waals surface area contributed by atoms with Gasteiger partial charge in [0.15, 0.2) is 5.11 Å². The monoisotopic (exact) mass is 237 g/mol. The van der Waals surface area contributed by atoms with Gasteiger partial charge in [0.05, 0.1) is 10.8 Å². The van der Waals surface area contributed by atoms with Crippen molar-refractivity contribution in [2.24, 2.45) is 4.99 Å². The Balaban J connectivity index is 2.64. The van der Waals surface area contributed by atoms with Gasteiger partial charge in [0.1, 0.15) is 0 Å². The van der Waals surface area contributed by atoms with Crippen LogP contribution in [0.3, 0.4) is 0 Å². The third-order valence-corrected chi connectivity index (χ3v) is 1.97. The molecule has 3 nitrogen and oxygen atoms in total. The number of nitrogens with one attached hydrogen (secondary N) is 2. The molecule has 0 aromatic heterocycles.